The van der Waals surface area contributed by atoms with Gasteiger partial charge in [-0.25, -0.2) is 4.79 Å². The predicted molar refractivity (Wildman–Crippen MR) is 68.8 cm³/mol. The van der Waals surface area contributed by atoms with E-state index < -0.39 is 11.5 Å². The fraction of sp³-hybridized carbons (Fsp3) is 0.846. The van der Waals surface area contributed by atoms with E-state index in [0.29, 0.717) is 0 Å². The summed E-state index contributed by atoms with van der Waals surface area (Å²) in [7, 11) is 1.31. The topological polar surface area (TPSA) is 81.4 Å². The van der Waals surface area contributed by atoms with Crippen LogP contribution in [-0.4, -0.2) is 30.6 Å². The molecule has 5 nitrogen and oxygen atoms in total. The van der Waals surface area contributed by atoms with E-state index >= 15 is 0 Å². The highest BCUT2D eigenvalue weighted by Gasteiger charge is 2.35. The molecule has 18 heavy (non-hydrogen) atoms. The summed E-state index contributed by atoms with van der Waals surface area (Å²) in [6.45, 7) is 3.28. The predicted octanol–water partition coefficient (Wildman–Crippen LogP) is 0.962. The number of carbonyl (C=O) groups excluding carboxylic acids is 2. The van der Waals surface area contributed by atoms with Crippen molar-refractivity contribution in [3.8, 4) is 0 Å². The zero-order chi connectivity index (χ0) is 13.8. The summed E-state index contributed by atoms with van der Waals surface area (Å²) >= 11 is 0. The van der Waals surface area contributed by atoms with E-state index in [1.165, 1.54) is 7.11 Å². The third-order valence-electron chi connectivity index (χ3n) is 3.54. The Hall–Kier alpha value is -1.10. The molecule has 0 aromatic rings. The van der Waals surface area contributed by atoms with E-state index in [0.717, 1.165) is 32.1 Å². The highest BCUT2D eigenvalue weighted by molar-refractivity contribution is 5.88. The van der Waals surface area contributed by atoms with Gasteiger partial charge in [-0.05, 0) is 26.7 Å². The molecule has 1 rings (SSSR count). The fourth-order valence-corrected chi connectivity index (χ4v) is 2.37. The Kier molecular flexibility index (Phi) is 5.14. The van der Waals surface area contributed by atoms with Crippen LogP contribution >= 0.6 is 0 Å². The number of methoxy groups -OCH3 is 1. The number of carbonyl (C=O) groups is 2. The second-order valence-corrected chi connectivity index (χ2v) is 5.51. The van der Waals surface area contributed by atoms with E-state index in [-0.39, 0.29) is 17.9 Å². The minimum Gasteiger partial charge on any atom is -0.467 e. The van der Waals surface area contributed by atoms with Crippen molar-refractivity contribution in [2.24, 2.45) is 11.7 Å². The zero-order valence-electron chi connectivity index (χ0n) is 11.5. The van der Waals surface area contributed by atoms with Gasteiger partial charge in [0.1, 0.15) is 5.54 Å². The molecule has 2 unspecified atom stereocenters. The zero-order valence-corrected chi connectivity index (χ0v) is 11.5. The first-order valence-corrected chi connectivity index (χ1v) is 6.54. The summed E-state index contributed by atoms with van der Waals surface area (Å²) in [6.07, 6.45) is 4.88. The molecule has 0 radical (unpaired) electrons. The summed E-state index contributed by atoms with van der Waals surface area (Å²) < 4.78 is 4.67. The van der Waals surface area contributed by atoms with E-state index in [1.807, 2.05) is 0 Å². The van der Waals surface area contributed by atoms with Gasteiger partial charge in [-0.15, -0.1) is 0 Å². The molecule has 0 aliphatic heterocycles. The maximum absolute atomic E-state index is 12.2. The van der Waals surface area contributed by atoms with Crippen LogP contribution in [0.2, 0.25) is 0 Å². The lowest BCUT2D eigenvalue weighted by molar-refractivity contribution is -0.150. The van der Waals surface area contributed by atoms with E-state index in [2.05, 4.69) is 10.1 Å². The summed E-state index contributed by atoms with van der Waals surface area (Å²) in [6, 6.07) is -0.110. The normalized spacial score (nSPS) is 25.1. The quantitative estimate of drug-likeness (QED) is 0.582. The minimum absolute atomic E-state index is 0.110. The standard InChI is InChI=1S/C13H24N2O3/c1-13(2,12(17)18-3)15-11(16)9-7-5-4-6-8-10(9)14/h9-10H,4-8,14H2,1-3H3,(H,15,16). The van der Waals surface area contributed by atoms with Gasteiger partial charge in [-0.3, -0.25) is 4.79 Å². The maximum atomic E-state index is 12.2. The summed E-state index contributed by atoms with van der Waals surface area (Å²) in [5.41, 5.74) is 5.03. The minimum atomic E-state index is -1.00. The second-order valence-electron chi connectivity index (χ2n) is 5.51. The fourth-order valence-electron chi connectivity index (χ4n) is 2.37. The highest BCUT2D eigenvalue weighted by Crippen LogP contribution is 2.23. The molecular formula is C13H24N2O3. The van der Waals surface area contributed by atoms with Crippen molar-refractivity contribution in [1.82, 2.24) is 5.32 Å². The molecule has 0 aromatic heterocycles. The van der Waals surface area contributed by atoms with Crippen molar-refractivity contribution in [1.29, 1.82) is 0 Å². The Morgan fingerprint density at radius 1 is 1.22 bits per heavy atom. The largest absolute Gasteiger partial charge is 0.467 e. The van der Waals surface area contributed by atoms with Gasteiger partial charge in [0.2, 0.25) is 5.91 Å². The molecule has 1 amide bonds. The lowest BCUT2D eigenvalue weighted by Gasteiger charge is -2.28. The van der Waals surface area contributed by atoms with Crippen molar-refractivity contribution in [3.05, 3.63) is 0 Å². The lowest BCUT2D eigenvalue weighted by Crippen LogP contribution is -2.54. The summed E-state index contributed by atoms with van der Waals surface area (Å²) in [5.74, 6) is -0.783. The monoisotopic (exact) mass is 256 g/mol. The number of amides is 1. The molecule has 1 aliphatic carbocycles. The Morgan fingerprint density at radius 2 is 1.83 bits per heavy atom. The van der Waals surface area contributed by atoms with Crippen LogP contribution in [0.25, 0.3) is 0 Å². The molecule has 3 N–H and O–H groups in total. The number of nitrogens with one attached hydrogen (secondary N) is 1. The van der Waals surface area contributed by atoms with Gasteiger partial charge >= 0.3 is 5.97 Å². The van der Waals surface area contributed by atoms with Crippen LogP contribution in [0, 0.1) is 5.92 Å². The second kappa shape index (κ2) is 6.18. The molecule has 1 saturated carbocycles. The Bertz CT molecular complexity index is 315. The Labute approximate surface area is 108 Å². The van der Waals surface area contributed by atoms with Crippen LogP contribution in [0.3, 0.4) is 0 Å². The smallest absolute Gasteiger partial charge is 0.330 e. The molecule has 0 bridgehead atoms. The van der Waals surface area contributed by atoms with Crippen molar-refractivity contribution in [2.75, 3.05) is 7.11 Å². The number of hydrogen-bond acceptors (Lipinski definition) is 4. The van der Waals surface area contributed by atoms with Crippen LogP contribution in [0.4, 0.5) is 0 Å². The van der Waals surface area contributed by atoms with Crippen molar-refractivity contribution in [3.63, 3.8) is 0 Å². The van der Waals surface area contributed by atoms with Gasteiger partial charge in [0.15, 0.2) is 0 Å². The van der Waals surface area contributed by atoms with Gasteiger partial charge in [0, 0.05) is 6.04 Å². The number of ether oxygens (including phenoxy) is 1. The molecular weight excluding hydrogens is 232 g/mol. The maximum Gasteiger partial charge on any atom is 0.330 e. The van der Waals surface area contributed by atoms with Gasteiger partial charge in [-0.2, -0.15) is 0 Å². The van der Waals surface area contributed by atoms with E-state index in [9.17, 15) is 9.59 Å². The average Bonchev–Trinajstić information content (AvgIpc) is 2.52. The van der Waals surface area contributed by atoms with E-state index in [4.69, 9.17) is 5.73 Å². The van der Waals surface area contributed by atoms with Crippen molar-refractivity contribution < 1.29 is 14.3 Å². The number of nitrogens with two attached hydrogens (primary N) is 1. The molecule has 1 fully saturated rings. The van der Waals surface area contributed by atoms with Crippen molar-refractivity contribution >= 4 is 11.9 Å². The first kappa shape index (κ1) is 15.0. The summed E-state index contributed by atoms with van der Waals surface area (Å²) in [4.78, 5) is 23.7. The van der Waals surface area contributed by atoms with Gasteiger partial charge in [-0.1, -0.05) is 19.3 Å². The molecule has 0 saturated heterocycles. The summed E-state index contributed by atoms with van der Waals surface area (Å²) in [5, 5.41) is 2.74. The average molecular weight is 256 g/mol. The van der Waals surface area contributed by atoms with Gasteiger partial charge in [0.25, 0.3) is 0 Å². The Morgan fingerprint density at radius 3 is 2.44 bits per heavy atom. The number of rotatable bonds is 3. The Balaban J connectivity index is 2.66. The SMILES string of the molecule is COC(=O)C(C)(C)NC(=O)C1CCCCCC1N. The number of hydrogen-bond donors (Lipinski definition) is 2. The molecule has 5 heteroatoms. The lowest BCUT2D eigenvalue weighted by atomic mass is 9.93. The van der Waals surface area contributed by atoms with Gasteiger partial charge in [0.05, 0.1) is 13.0 Å². The molecule has 0 spiro atoms. The first-order chi connectivity index (χ1) is 8.38. The molecule has 1 aliphatic rings. The van der Waals surface area contributed by atoms with Crippen LogP contribution in [-0.2, 0) is 14.3 Å². The molecule has 0 aromatic carbocycles. The third-order valence-corrected chi connectivity index (χ3v) is 3.54. The van der Waals surface area contributed by atoms with E-state index in [1.54, 1.807) is 13.8 Å². The van der Waals surface area contributed by atoms with Gasteiger partial charge < -0.3 is 15.8 Å². The molecule has 0 heterocycles. The molecule has 104 valence electrons. The number of esters is 1. The highest BCUT2D eigenvalue weighted by atomic mass is 16.5. The van der Waals surface area contributed by atoms with Crippen LogP contribution in [0.5, 0.6) is 0 Å². The third kappa shape index (κ3) is 3.70. The van der Waals surface area contributed by atoms with Crippen LogP contribution in [0.1, 0.15) is 46.0 Å². The first-order valence-electron chi connectivity index (χ1n) is 6.54. The molecule has 2 atom stereocenters. The van der Waals surface area contributed by atoms with Crippen LogP contribution < -0.4 is 11.1 Å². The van der Waals surface area contributed by atoms with Crippen molar-refractivity contribution in [2.45, 2.75) is 57.5 Å². The van der Waals surface area contributed by atoms with Crippen LogP contribution in [0.15, 0.2) is 0 Å².